The molecule has 16 heavy (non-hydrogen) atoms. The predicted octanol–water partition coefficient (Wildman–Crippen LogP) is 4.09. The van der Waals surface area contributed by atoms with Gasteiger partial charge in [-0.15, -0.1) is 11.8 Å². The van der Waals surface area contributed by atoms with E-state index in [2.05, 4.69) is 52.0 Å². The Morgan fingerprint density at radius 2 is 1.88 bits per heavy atom. The molecule has 2 bridgehead atoms. The van der Waals surface area contributed by atoms with Crippen molar-refractivity contribution in [2.45, 2.75) is 44.0 Å². The van der Waals surface area contributed by atoms with Crippen molar-refractivity contribution in [2.75, 3.05) is 0 Å². The van der Waals surface area contributed by atoms with E-state index < -0.39 is 0 Å². The van der Waals surface area contributed by atoms with Crippen molar-refractivity contribution in [3.63, 3.8) is 0 Å². The molecule has 0 saturated carbocycles. The van der Waals surface area contributed by atoms with Crippen LogP contribution < -0.4 is 0 Å². The van der Waals surface area contributed by atoms with E-state index in [-0.39, 0.29) is 16.5 Å². The number of hydrogen-bond donors (Lipinski definition) is 0. The molecule has 2 aliphatic rings. The quantitative estimate of drug-likeness (QED) is 0.668. The number of fused-ring (bicyclic) bond motifs is 5. The fraction of sp³-hybridized carbons (Fsp3) is 0.571. The van der Waals surface area contributed by atoms with E-state index in [4.69, 9.17) is 4.74 Å². The second kappa shape index (κ2) is 3.05. The molecule has 2 aliphatic heterocycles. The highest BCUT2D eigenvalue weighted by atomic mass is 32.2. The third kappa shape index (κ3) is 1.17. The van der Waals surface area contributed by atoms with Crippen LogP contribution in [0.2, 0.25) is 0 Å². The van der Waals surface area contributed by atoms with Crippen molar-refractivity contribution in [2.24, 2.45) is 5.41 Å². The third-order valence-electron chi connectivity index (χ3n) is 4.20. The monoisotopic (exact) mass is 234 g/mol. The van der Waals surface area contributed by atoms with Crippen LogP contribution in [0.3, 0.4) is 0 Å². The first-order chi connectivity index (χ1) is 7.45. The van der Waals surface area contributed by atoms with Crippen LogP contribution in [0.1, 0.15) is 44.9 Å². The summed E-state index contributed by atoms with van der Waals surface area (Å²) in [6.45, 7) is 9.17. The van der Waals surface area contributed by atoms with Gasteiger partial charge in [0.05, 0.1) is 6.10 Å². The zero-order chi connectivity index (χ0) is 11.6. The summed E-state index contributed by atoms with van der Waals surface area (Å²) >= 11 is 1.96. The summed E-state index contributed by atoms with van der Waals surface area (Å²) in [6, 6.07) is 8.69. The molecule has 1 fully saturated rings. The zero-order valence-electron chi connectivity index (χ0n) is 10.3. The first-order valence-corrected chi connectivity index (χ1v) is 6.78. The zero-order valence-corrected chi connectivity index (χ0v) is 11.1. The summed E-state index contributed by atoms with van der Waals surface area (Å²) in [4.78, 5) is -0.129. The average Bonchev–Trinajstić information content (AvgIpc) is 2.50. The summed E-state index contributed by atoms with van der Waals surface area (Å²) in [5, 5.41) is 0.614. The highest BCUT2D eigenvalue weighted by Gasteiger charge is 2.55. The first-order valence-electron chi connectivity index (χ1n) is 5.90. The second-order valence-corrected chi connectivity index (χ2v) is 7.33. The summed E-state index contributed by atoms with van der Waals surface area (Å²) in [5.74, 6) is 0. The molecule has 0 aliphatic carbocycles. The Morgan fingerprint density at radius 3 is 2.62 bits per heavy atom. The molecular formula is C14H18OS. The molecule has 1 nitrogen and oxygen atoms in total. The minimum Gasteiger partial charge on any atom is -0.352 e. The first kappa shape index (κ1) is 10.7. The van der Waals surface area contributed by atoms with Crippen LogP contribution >= 0.6 is 11.8 Å². The van der Waals surface area contributed by atoms with Gasteiger partial charge in [-0.3, -0.25) is 0 Å². The van der Waals surface area contributed by atoms with E-state index in [1.165, 1.54) is 11.1 Å². The molecule has 0 N–H and O–H groups in total. The van der Waals surface area contributed by atoms with E-state index in [0.29, 0.717) is 5.25 Å². The van der Waals surface area contributed by atoms with Crippen molar-refractivity contribution in [1.29, 1.82) is 0 Å². The van der Waals surface area contributed by atoms with Crippen molar-refractivity contribution >= 4 is 11.8 Å². The van der Waals surface area contributed by atoms with E-state index >= 15 is 0 Å². The molecule has 1 saturated heterocycles. The van der Waals surface area contributed by atoms with Gasteiger partial charge in [0, 0.05) is 10.7 Å². The summed E-state index contributed by atoms with van der Waals surface area (Å²) in [6.07, 6.45) is 0.255. The Hall–Kier alpha value is -0.470. The molecule has 2 heteroatoms. The Balaban J connectivity index is 2.21. The number of rotatable bonds is 0. The van der Waals surface area contributed by atoms with Crippen molar-refractivity contribution in [1.82, 2.24) is 0 Å². The molecule has 1 aromatic rings. The van der Waals surface area contributed by atoms with Gasteiger partial charge in [-0.2, -0.15) is 0 Å². The van der Waals surface area contributed by atoms with Crippen molar-refractivity contribution in [3.05, 3.63) is 35.4 Å². The normalized spacial score (nSPS) is 39.5. The molecule has 0 spiro atoms. The average molecular weight is 234 g/mol. The molecule has 0 radical (unpaired) electrons. The maximum atomic E-state index is 6.30. The molecule has 3 atom stereocenters. The van der Waals surface area contributed by atoms with Gasteiger partial charge < -0.3 is 4.74 Å². The Morgan fingerprint density at radius 1 is 1.19 bits per heavy atom. The molecule has 3 rings (SSSR count). The number of benzene rings is 1. The Bertz CT molecular complexity index is 436. The maximum Gasteiger partial charge on any atom is 0.137 e. The van der Waals surface area contributed by atoms with Gasteiger partial charge in [-0.25, -0.2) is 0 Å². The van der Waals surface area contributed by atoms with Gasteiger partial charge in [0.25, 0.3) is 0 Å². The smallest absolute Gasteiger partial charge is 0.137 e. The minimum absolute atomic E-state index is 0.129. The number of hydrogen-bond acceptors (Lipinski definition) is 2. The largest absolute Gasteiger partial charge is 0.352 e. The topological polar surface area (TPSA) is 9.23 Å². The van der Waals surface area contributed by atoms with Gasteiger partial charge in [0.15, 0.2) is 0 Å². The van der Waals surface area contributed by atoms with E-state index in [0.717, 1.165) is 0 Å². The molecular weight excluding hydrogens is 216 g/mol. The standard InChI is InChI=1S/C14H18OS/c1-9-13(2,3)12-10-7-5-6-8-11(10)14(4,15-12)16-9/h5-9,12H,1-4H3/t9?,12-,14-/m1/s1. The Labute approximate surface area is 102 Å². The fourth-order valence-corrected chi connectivity index (χ4v) is 4.40. The van der Waals surface area contributed by atoms with Crippen LogP contribution in [0.5, 0.6) is 0 Å². The summed E-state index contributed by atoms with van der Waals surface area (Å²) < 4.78 is 6.30. The summed E-state index contributed by atoms with van der Waals surface area (Å²) in [5.41, 5.74) is 2.98. The lowest BCUT2D eigenvalue weighted by Crippen LogP contribution is -2.39. The van der Waals surface area contributed by atoms with Crippen LogP contribution in [0.15, 0.2) is 24.3 Å². The molecule has 86 valence electrons. The molecule has 2 heterocycles. The maximum absolute atomic E-state index is 6.30. The SMILES string of the molecule is CC1S[C@@]2(C)O[C@H](c3ccccc32)C1(C)C. The number of thioether (sulfide) groups is 1. The van der Waals surface area contributed by atoms with Crippen LogP contribution in [-0.4, -0.2) is 5.25 Å². The number of ether oxygens (including phenoxy) is 1. The lowest BCUT2D eigenvalue weighted by Gasteiger charge is -2.45. The fourth-order valence-electron chi connectivity index (χ4n) is 2.84. The van der Waals surface area contributed by atoms with Gasteiger partial charge in [-0.05, 0) is 18.1 Å². The van der Waals surface area contributed by atoms with Crippen LogP contribution in [0, 0.1) is 5.41 Å². The van der Waals surface area contributed by atoms with E-state index in [1.54, 1.807) is 0 Å². The van der Waals surface area contributed by atoms with Crippen molar-refractivity contribution in [3.8, 4) is 0 Å². The van der Waals surface area contributed by atoms with Crippen LogP contribution in [0.25, 0.3) is 0 Å². The predicted molar refractivity (Wildman–Crippen MR) is 68.5 cm³/mol. The van der Waals surface area contributed by atoms with E-state index in [1.807, 2.05) is 11.8 Å². The third-order valence-corrected chi connectivity index (χ3v) is 5.93. The summed E-state index contributed by atoms with van der Waals surface area (Å²) in [7, 11) is 0. The lowest BCUT2D eigenvalue weighted by atomic mass is 9.80. The van der Waals surface area contributed by atoms with Gasteiger partial charge in [0.2, 0.25) is 0 Å². The molecule has 0 amide bonds. The second-order valence-electron chi connectivity index (χ2n) is 5.61. The van der Waals surface area contributed by atoms with Gasteiger partial charge >= 0.3 is 0 Å². The van der Waals surface area contributed by atoms with Gasteiger partial charge in [0.1, 0.15) is 4.93 Å². The lowest BCUT2D eigenvalue weighted by molar-refractivity contribution is -0.0774. The van der Waals surface area contributed by atoms with Crippen LogP contribution in [-0.2, 0) is 9.67 Å². The minimum atomic E-state index is -0.129. The Kier molecular flexibility index (Phi) is 2.03. The highest BCUT2D eigenvalue weighted by Crippen LogP contribution is 2.64. The van der Waals surface area contributed by atoms with Crippen LogP contribution in [0.4, 0.5) is 0 Å². The molecule has 0 aromatic heterocycles. The van der Waals surface area contributed by atoms with Gasteiger partial charge in [-0.1, -0.05) is 45.0 Å². The highest BCUT2D eigenvalue weighted by molar-refractivity contribution is 8.00. The molecule has 1 aromatic carbocycles. The molecule has 1 unspecified atom stereocenters. The van der Waals surface area contributed by atoms with Crippen molar-refractivity contribution < 1.29 is 4.74 Å². The van der Waals surface area contributed by atoms with E-state index in [9.17, 15) is 0 Å².